The van der Waals surface area contributed by atoms with E-state index in [4.69, 9.17) is 0 Å². The minimum atomic E-state index is -0.151. The molecule has 0 aliphatic heterocycles. The topological polar surface area (TPSA) is 38.3 Å². The smallest absolute Gasteiger partial charge is 0.305 e. The Balaban J connectivity index is 2.30. The lowest BCUT2D eigenvalue weighted by Crippen LogP contribution is -2.20. The van der Waals surface area contributed by atoms with E-state index in [1.54, 1.807) is 0 Å². The summed E-state index contributed by atoms with van der Waals surface area (Å²) in [6.07, 6.45) is 1.26. The highest BCUT2D eigenvalue weighted by Crippen LogP contribution is 2.17. The van der Waals surface area contributed by atoms with Crippen LogP contribution in [-0.2, 0) is 9.53 Å². The second-order valence-corrected chi connectivity index (χ2v) is 4.83. The van der Waals surface area contributed by atoms with Crippen molar-refractivity contribution in [1.82, 2.24) is 5.32 Å². The van der Waals surface area contributed by atoms with Crippen molar-refractivity contribution in [3.05, 3.63) is 34.3 Å². The first kappa shape index (κ1) is 14.2. The Morgan fingerprint density at radius 1 is 1.53 bits per heavy atom. The van der Waals surface area contributed by atoms with E-state index in [9.17, 15) is 4.79 Å². The second kappa shape index (κ2) is 7.45. The van der Waals surface area contributed by atoms with Gasteiger partial charge in [0.1, 0.15) is 0 Å². The van der Waals surface area contributed by atoms with Gasteiger partial charge in [0.15, 0.2) is 0 Å². The van der Waals surface area contributed by atoms with Crippen LogP contribution in [0.15, 0.2) is 28.7 Å². The number of halogens is 1. The lowest BCUT2D eigenvalue weighted by molar-refractivity contribution is -0.140. The highest BCUT2D eigenvalue weighted by molar-refractivity contribution is 9.10. The molecule has 4 heteroatoms. The van der Waals surface area contributed by atoms with Gasteiger partial charge >= 0.3 is 5.97 Å². The molecule has 0 fully saturated rings. The van der Waals surface area contributed by atoms with Gasteiger partial charge < -0.3 is 10.1 Å². The third kappa shape index (κ3) is 5.33. The Morgan fingerprint density at radius 2 is 2.29 bits per heavy atom. The number of hydrogen-bond donors (Lipinski definition) is 1. The summed E-state index contributed by atoms with van der Waals surface area (Å²) in [5, 5.41) is 3.38. The number of hydrogen-bond acceptors (Lipinski definition) is 3. The fourth-order valence-electron chi connectivity index (χ4n) is 1.55. The molecule has 1 aromatic rings. The molecule has 0 spiro atoms. The van der Waals surface area contributed by atoms with E-state index in [1.165, 1.54) is 12.7 Å². The van der Waals surface area contributed by atoms with E-state index in [1.807, 2.05) is 12.1 Å². The molecule has 0 saturated carbocycles. The standard InChI is InChI=1S/C13H18BrNO2/c1-10(11-5-3-6-12(14)9-11)15-8-4-7-13(16)17-2/h3,5-6,9-10,15H,4,7-8H2,1-2H3. The largest absolute Gasteiger partial charge is 0.469 e. The summed E-state index contributed by atoms with van der Waals surface area (Å²) in [5.41, 5.74) is 1.23. The highest BCUT2D eigenvalue weighted by atomic mass is 79.9. The van der Waals surface area contributed by atoms with Crippen LogP contribution < -0.4 is 5.32 Å². The zero-order valence-electron chi connectivity index (χ0n) is 10.2. The van der Waals surface area contributed by atoms with Gasteiger partial charge in [0.05, 0.1) is 7.11 Å². The molecule has 0 bridgehead atoms. The first-order chi connectivity index (χ1) is 8.13. The molecule has 0 saturated heterocycles. The number of ether oxygens (including phenoxy) is 1. The zero-order chi connectivity index (χ0) is 12.7. The predicted molar refractivity (Wildman–Crippen MR) is 71.8 cm³/mol. The second-order valence-electron chi connectivity index (χ2n) is 3.91. The fourth-order valence-corrected chi connectivity index (χ4v) is 1.96. The maximum atomic E-state index is 10.9. The molecule has 1 unspecified atom stereocenters. The Labute approximate surface area is 111 Å². The van der Waals surface area contributed by atoms with Gasteiger partial charge in [0, 0.05) is 16.9 Å². The minimum absolute atomic E-state index is 0.151. The summed E-state index contributed by atoms with van der Waals surface area (Å²) in [6, 6.07) is 8.49. The van der Waals surface area contributed by atoms with Gasteiger partial charge in [0.25, 0.3) is 0 Å². The Hall–Kier alpha value is -0.870. The lowest BCUT2D eigenvalue weighted by Gasteiger charge is -2.14. The molecule has 0 amide bonds. The average Bonchev–Trinajstić information content (AvgIpc) is 2.34. The fraction of sp³-hybridized carbons (Fsp3) is 0.462. The van der Waals surface area contributed by atoms with Crippen LogP contribution in [0.1, 0.15) is 31.4 Å². The molecule has 1 aromatic carbocycles. The summed E-state index contributed by atoms with van der Waals surface area (Å²) in [7, 11) is 1.42. The van der Waals surface area contributed by atoms with E-state index in [0.29, 0.717) is 6.42 Å². The number of carbonyl (C=O) groups excluding carboxylic acids is 1. The van der Waals surface area contributed by atoms with E-state index < -0.39 is 0 Å². The number of benzene rings is 1. The summed E-state index contributed by atoms with van der Waals surface area (Å²) < 4.78 is 5.67. The summed E-state index contributed by atoms with van der Waals surface area (Å²) >= 11 is 3.45. The van der Waals surface area contributed by atoms with E-state index >= 15 is 0 Å². The van der Waals surface area contributed by atoms with Crippen molar-refractivity contribution in [2.45, 2.75) is 25.8 Å². The maximum Gasteiger partial charge on any atom is 0.305 e. The van der Waals surface area contributed by atoms with Gasteiger partial charge in [-0.05, 0) is 37.6 Å². The number of carbonyl (C=O) groups is 1. The van der Waals surface area contributed by atoms with Crippen LogP contribution in [0.5, 0.6) is 0 Å². The number of esters is 1. The van der Waals surface area contributed by atoms with Crippen LogP contribution in [0.3, 0.4) is 0 Å². The Morgan fingerprint density at radius 3 is 2.94 bits per heavy atom. The summed E-state index contributed by atoms with van der Waals surface area (Å²) in [6.45, 7) is 2.92. The van der Waals surface area contributed by atoms with Crippen LogP contribution in [-0.4, -0.2) is 19.6 Å². The molecule has 17 heavy (non-hydrogen) atoms. The van der Waals surface area contributed by atoms with Crippen molar-refractivity contribution < 1.29 is 9.53 Å². The van der Waals surface area contributed by atoms with Gasteiger partial charge in [-0.15, -0.1) is 0 Å². The average molecular weight is 300 g/mol. The molecular weight excluding hydrogens is 282 g/mol. The molecule has 3 nitrogen and oxygen atoms in total. The molecule has 1 N–H and O–H groups in total. The van der Waals surface area contributed by atoms with Crippen LogP contribution in [0.25, 0.3) is 0 Å². The van der Waals surface area contributed by atoms with Crippen LogP contribution in [0, 0.1) is 0 Å². The SMILES string of the molecule is COC(=O)CCCNC(C)c1cccc(Br)c1. The molecular formula is C13H18BrNO2. The lowest BCUT2D eigenvalue weighted by atomic mass is 10.1. The molecule has 0 aliphatic rings. The van der Waals surface area contributed by atoms with E-state index in [0.717, 1.165) is 17.4 Å². The Kier molecular flexibility index (Phi) is 6.22. The van der Waals surface area contributed by atoms with Crippen LogP contribution in [0.4, 0.5) is 0 Å². The van der Waals surface area contributed by atoms with Crippen molar-refractivity contribution in [1.29, 1.82) is 0 Å². The van der Waals surface area contributed by atoms with Gasteiger partial charge in [-0.25, -0.2) is 0 Å². The number of methoxy groups -OCH3 is 1. The first-order valence-electron chi connectivity index (χ1n) is 5.69. The minimum Gasteiger partial charge on any atom is -0.469 e. The van der Waals surface area contributed by atoms with Crippen molar-refractivity contribution in [2.75, 3.05) is 13.7 Å². The third-order valence-electron chi connectivity index (χ3n) is 2.58. The van der Waals surface area contributed by atoms with Gasteiger partial charge in [-0.3, -0.25) is 4.79 Å². The molecule has 0 radical (unpaired) electrons. The maximum absolute atomic E-state index is 10.9. The molecule has 1 rings (SSSR count). The molecule has 0 aromatic heterocycles. The van der Waals surface area contributed by atoms with Crippen molar-refractivity contribution in [2.24, 2.45) is 0 Å². The summed E-state index contributed by atoms with van der Waals surface area (Å²) in [5.74, 6) is -0.151. The Bertz CT molecular complexity index is 368. The monoisotopic (exact) mass is 299 g/mol. The van der Waals surface area contributed by atoms with Crippen LogP contribution >= 0.6 is 15.9 Å². The van der Waals surface area contributed by atoms with Crippen molar-refractivity contribution >= 4 is 21.9 Å². The summed E-state index contributed by atoms with van der Waals surface area (Å²) in [4.78, 5) is 10.9. The highest BCUT2D eigenvalue weighted by Gasteiger charge is 2.05. The van der Waals surface area contributed by atoms with E-state index in [-0.39, 0.29) is 12.0 Å². The normalized spacial score (nSPS) is 12.2. The predicted octanol–water partition coefficient (Wildman–Crippen LogP) is 3.05. The number of nitrogens with one attached hydrogen (secondary N) is 1. The van der Waals surface area contributed by atoms with E-state index in [2.05, 4.69) is 45.0 Å². The third-order valence-corrected chi connectivity index (χ3v) is 3.08. The molecule has 0 heterocycles. The van der Waals surface area contributed by atoms with Gasteiger partial charge in [0.2, 0.25) is 0 Å². The molecule has 1 atom stereocenters. The molecule has 0 aliphatic carbocycles. The van der Waals surface area contributed by atoms with Gasteiger partial charge in [-0.2, -0.15) is 0 Å². The zero-order valence-corrected chi connectivity index (χ0v) is 11.8. The van der Waals surface area contributed by atoms with Crippen LogP contribution in [0.2, 0.25) is 0 Å². The van der Waals surface area contributed by atoms with Crippen molar-refractivity contribution in [3.8, 4) is 0 Å². The number of rotatable bonds is 6. The quantitative estimate of drug-likeness (QED) is 0.648. The van der Waals surface area contributed by atoms with Crippen molar-refractivity contribution in [3.63, 3.8) is 0 Å². The first-order valence-corrected chi connectivity index (χ1v) is 6.48. The molecule has 94 valence electrons. The van der Waals surface area contributed by atoms with Gasteiger partial charge in [-0.1, -0.05) is 28.1 Å².